The maximum absolute atomic E-state index is 14.9. The topological polar surface area (TPSA) is 131 Å². The second-order valence-electron chi connectivity index (χ2n) is 13.5. The van der Waals surface area contributed by atoms with Crippen LogP contribution < -0.4 is 5.73 Å². The third kappa shape index (κ3) is 6.95. The number of aromatic amines is 1. The van der Waals surface area contributed by atoms with E-state index in [1.807, 2.05) is 20.8 Å². The van der Waals surface area contributed by atoms with Crippen molar-refractivity contribution in [1.29, 1.82) is 0 Å². The molecule has 1 amide bonds. The van der Waals surface area contributed by atoms with Crippen LogP contribution in [-0.2, 0) is 19.9 Å². The van der Waals surface area contributed by atoms with Gasteiger partial charge in [-0.1, -0.05) is 74.3 Å². The number of aromatic nitrogens is 4. The van der Waals surface area contributed by atoms with Crippen LogP contribution in [0.2, 0.25) is 10.2 Å². The van der Waals surface area contributed by atoms with E-state index in [9.17, 15) is 18.4 Å². The molecule has 2 aliphatic rings. The summed E-state index contributed by atoms with van der Waals surface area (Å²) in [5, 5.41) is 4.44. The van der Waals surface area contributed by atoms with Gasteiger partial charge in [0, 0.05) is 23.7 Å². The minimum Gasteiger partial charge on any atom is -0.463 e. The lowest BCUT2D eigenvalue weighted by Crippen LogP contribution is -2.47. The Balaban J connectivity index is 1.39. The Morgan fingerprint density at radius 3 is 2.46 bits per heavy atom. The highest BCUT2D eigenvalue weighted by Gasteiger charge is 2.53. The van der Waals surface area contributed by atoms with Gasteiger partial charge < -0.3 is 15.5 Å². The molecule has 2 aromatic carbocycles. The minimum absolute atomic E-state index is 0.0349. The van der Waals surface area contributed by atoms with E-state index >= 15 is 0 Å². The number of aliphatic imine (C=N–C) groups is 1. The lowest BCUT2D eigenvalue weighted by Gasteiger charge is -2.35. The molecule has 252 valence electrons. The summed E-state index contributed by atoms with van der Waals surface area (Å²) < 4.78 is 32.7. The first-order valence-corrected chi connectivity index (χ1v) is 16.3. The Morgan fingerprint density at radius 2 is 1.85 bits per heavy atom. The zero-order valence-electron chi connectivity index (χ0n) is 26.6. The van der Waals surface area contributed by atoms with Crippen molar-refractivity contribution in [1.82, 2.24) is 24.6 Å². The van der Waals surface area contributed by atoms with Crippen molar-refractivity contribution in [2.24, 2.45) is 22.1 Å². The van der Waals surface area contributed by atoms with Crippen molar-refractivity contribution in [2.45, 2.75) is 64.6 Å². The number of benzene rings is 2. The van der Waals surface area contributed by atoms with E-state index in [1.54, 1.807) is 42.5 Å². The van der Waals surface area contributed by atoms with Crippen molar-refractivity contribution >= 4 is 41.0 Å². The lowest BCUT2D eigenvalue weighted by molar-refractivity contribution is -0.148. The summed E-state index contributed by atoms with van der Waals surface area (Å²) in [6.45, 7) is 3.07. The summed E-state index contributed by atoms with van der Waals surface area (Å²) in [6, 6.07) is 11.3. The number of hydrogen-bond donors (Lipinski definition) is 2. The Morgan fingerprint density at radius 1 is 1.12 bits per heavy atom. The van der Waals surface area contributed by atoms with Crippen LogP contribution in [0.4, 0.5) is 8.78 Å². The number of carbonyl (C=O) groups excluding carboxylic acids is 2. The van der Waals surface area contributed by atoms with Crippen LogP contribution in [0.1, 0.15) is 70.2 Å². The molecule has 4 aromatic rings. The molecule has 1 fully saturated rings. The number of hydrogen-bond acceptors (Lipinski definition) is 7. The summed E-state index contributed by atoms with van der Waals surface area (Å²) in [4.78, 5) is 41.2. The van der Waals surface area contributed by atoms with Crippen LogP contribution in [0.3, 0.4) is 0 Å². The minimum atomic E-state index is -2.76. The number of imidazole rings is 1. The van der Waals surface area contributed by atoms with Crippen LogP contribution in [0.15, 0.2) is 66.0 Å². The maximum atomic E-state index is 14.9. The normalized spacial score (nSPS) is 18.8. The van der Waals surface area contributed by atoms with E-state index in [4.69, 9.17) is 38.7 Å². The number of H-pyrrole nitrogens is 1. The van der Waals surface area contributed by atoms with Gasteiger partial charge in [0.25, 0.3) is 5.91 Å². The Labute approximate surface area is 286 Å². The van der Waals surface area contributed by atoms with Gasteiger partial charge in [0.15, 0.2) is 11.5 Å². The van der Waals surface area contributed by atoms with E-state index in [2.05, 4.69) is 15.1 Å². The van der Waals surface area contributed by atoms with Gasteiger partial charge in [-0.3, -0.25) is 14.5 Å². The lowest BCUT2D eigenvalue weighted by atomic mass is 9.75. The van der Waals surface area contributed by atoms with E-state index in [-0.39, 0.29) is 24.0 Å². The van der Waals surface area contributed by atoms with Gasteiger partial charge in [-0.25, -0.2) is 14.7 Å². The van der Waals surface area contributed by atoms with Crippen LogP contribution in [0.5, 0.6) is 0 Å². The maximum Gasteiger partial charge on any atom is 0.333 e. The molecule has 0 unspecified atom stereocenters. The first kappa shape index (κ1) is 33.6. The second kappa shape index (κ2) is 13.0. The smallest absolute Gasteiger partial charge is 0.333 e. The molecule has 0 saturated heterocycles. The molecule has 0 spiro atoms. The molecule has 48 heavy (non-hydrogen) atoms. The average molecular weight is 699 g/mol. The first-order valence-electron chi connectivity index (χ1n) is 15.5. The fourth-order valence-corrected chi connectivity index (χ4v) is 6.43. The summed E-state index contributed by atoms with van der Waals surface area (Å²) in [6.07, 6.45) is 6.64. The highest BCUT2D eigenvalue weighted by Crippen LogP contribution is 2.45. The Hall–Kier alpha value is -4.29. The van der Waals surface area contributed by atoms with Gasteiger partial charge in [0.1, 0.15) is 17.6 Å². The van der Waals surface area contributed by atoms with E-state index < -0.39 is 24.0 Å². The zero-order valence-corrected chi connectivity index (χ0v) is 28.1. The molecular weight excluding hydrogens is 663 g/mol. The Bertz CT molecular complexity index is 1860. The monoisotopic (exact) mass is 697 g/mol. The number of amides is 1. The standard InChI is InChI=1S/C34H35Cl2F2N7O3/c1-33(2,3)18-34(23-9-6-20(7-10-23)22-14-41-44(16-22)31(37)38)30(47)45(32(39)43-34)26(17-48-28(46)12-19-4-5-19)21-8-11-25(35)24(13-21)29-40-15-27(36)42-29/h6-11,13-16,19,26,31H,4-5,12,17-18H2,1-3H3,(H2,39,43)(H,40,42)/t26-,34-/m1/s1. The quantitative estimate of drug-likeness (QED) is 0.156. The fraction of sp³-hybridized carbons (Fsp3) is 0.382. The molecule has 3 N–H and O–H groups in total. The summed E-state index contributed by atoms with van der Waals surface area (Å²) in [5.74, 6) is -0.0504. The molecule has 6 rings (SSSR count). The van der Waals surface area contributed by atoms with Crippen molar-refractivity contribution in [2.75, 3.05) is 6.61 Å². The largest absolute Gasteiger partial charge is 0.463 e. The van der Waals surface area contributed by atoms with Gasteiger partial charge in [0.2, 0.25) is 0 Å². The van der Waals surface area contributed by atoms with E-state index in [0.717, 1.165) is 12.8 Å². The van der Waals surface area contributed by atoms with Gasteiger partial charge >= 0.3 is 12.5 Å². The fourth-order valence-electron chi connectivity index (χ4n) is 6.08. The van der Waals surface area contributed by atoms with Crippen LogP contribution in [-0.4, -0.2) is 49.1 Å². The van der Waals surface area contributed by atoms with E-state index in [1.165, 1.54) is 23.5 Å². The number of esters is 1. The SMILES string of the molecule is CC(C)(C)C[C@]1(c2ccc(-c3cnn(C(F)F)c3)cc2)N=C(N)N([C@H](COC(=O)CC2CC2)c2ccc(Cl)c(-c3ncc(Cl)[nH]3)c2)C1=O. The van der Waals surface area contributed by atoms with Crippen LogP contribution in [0.25, 0.3) is 22.5 Å². The van der Waals surface area contributed by atoms with Crippen molar-refractivity contribution < 1.29 is 23.1 Å². The molecule has 1 aliphatic carbocycles. The molecule has 2 aromatic heterocycles. The van der Waals surface area contributed by atoms with Crippen molar-refractivity contribution in [3.8, 4) is 22.5 Å². The summed E-state index contributed by atoms with van der Waals surface area (Å²) in [7, 11) is 0. The summed E-state index contributed by atoms with van der Waals surface area (Å²) >= 11 is 12.7. The average Bonchev–Trinajstić information content (AvgIpc) is 3.40. The number of rotatable bonds is 11. The molecule has 14 heteroatoms. The zero-order chi connectivity index (χ0) is 34.4. The number of ether oxygens (including phenoxy) is 1. The van der Waals surface area contributed by atoms with Crippen molar-refractivity contribution in [3.63, 3.8) is 0 Å². The Kier molecular flexibility index (Phi) is 9.08. The molecule has 0 bridgehead atoms. The van der Waals surface area contributed by atoms with Crippen LogP contribution in [0, 0.1) is 11.3 Å². The molecule has 10 nitrogen and oxygen atoms in total. The number of guanidine groups is 1. The number of nitrogens with zero attached hydrogens (tertiary/aromatic N) is 5. The second-order valence-corrected chi connectivity index (χ2v) is 14.3. The highest BCUT2D eigenvalue weighted by molar-refractivity contribution is 6.33. The molecule has 2 atom stereocenters. The predicted octanol–water partition coefficient (Wildman–Crippen LogP) is 7.52. The van der Waals surface area contributed by atoms with Crippen molar-refractivity contribution in [3.05, 3.63) is 82.4 Å². The number of alkyl halides is 2. The first-order chi connectivity index (χ1) is 22.7. The third-order valence-electron chi connectivity index (χ3n) is 8.45. The number of nitrogens with one attached hydrogen (secondary N) is 1. The number of carbonyl (C=O) groups is 2. The molecular formula is C34H35Cl2F2N7O3. The summed E-state index contributed by atoms with van der Waals surface area (Å²) in [5.41, 5.74) is 7.67. The number of nitrogens with two attached hydrogens (primary N) is 1. The van der Waals surface area contributed by atoms with Gasteiger partial charge in [-0.2, -0.15) is 13.9 Å². The van der Waals surface area contributed by atoms with Gasteiger partial charge in [-0.05, 0) is 59.4 Å². The van der Waals surface area contributed by atoms with E-state index in [0.29, 0.717) is 67.3 Å². The number of halogens is 4. The molecule has 1 aliphatic heterocycles. The van der Waals surface area contributed by atoms with Gasteiger partial charge in [-0.15, -0.1) is 0 Å². The van der Waals surface area contributed by atoms with Gasteiger partial charge in [0.05, 0.1) is 23.5 Å². The highest BCUT2D eigenvalue weighted by atomic mass is 35.5. The molecule has 1 saturated carbocycles. The molecule has 3 heterocycles. The third-order valence-corrected chi connectivity index (χ3v) is 8.97. The predicted molar refractivity (Wildman–Crippen MR) is 178 cm³/mol. The molecule has 0 radical (unpaired) electrons. The van der Waals surface area contributed by atoms with Crippen LogP contribution >= 0.6 is 23.2 Å².